The fourth-order valence-corrected chi connectivity index (χ4v) is 3.33. The summed E-state index contributed by atoms with van der Waals surface area (Å²) in [6.45, 7) is 0.753. The van der Waals surface area contributed by atoms with Gasteiger partial charge in [0.1, 0.15) is 0 Å². The summed E-state index contributed by atoms with van der Waals surface area (Å²) in [6.07, 6.45) is 9.44. The third-order valence-electron chi connectivity index (χ3n) is 4.52. The van der Waals surface area contributed by atoms with Crippen LogP contribution in [0.25, 0.3) is 0 Å². The minimum Gasteiger partial charge on any atom is -0.347 e. The highest BCUT2D eigenvalue weighted by Gasteiger charge is 2.36. The Balaban J connectivity index is 1.87. The van der Waals surface area contributed by atoms with Crippen molar-refractivity contribution in [1.29, 1.82) is 0 Å². The molecule has 3 N–H and O–H groups in total. The predicted molar refractivity (Wildman–Crippen MR) is 86.9 cm³/mol. The maximum atomic E-state index is 12.3. The number of rotatable bonds is 8. The molecule has 0 spiro atoms. The van der Waals surface area contributed by atoms with Gasteiger partial charge >= 0.3 is 0 Å². The zero-order valence-electron chi connectivity index (χ0n) is 12.9. The van der Waals surface area contributed by atoms with E-state index in [0.29, 0.717) is 6.42 Å². The monoisotopic (exact) mass is 288 g/mol. The lowest BCUT2D eigenvalue weighted by molar-refractivity contribution is -0.123. The Kier molecular flexibility index (Phi) is 6.24. The number of hydrogen-bond acceptors (Lipinski definition) is 2. The van der Waals surface area contributed by atoms with Crippen LogP contribution in [0.1, 0.15) is 63.4 Å². The van der Waals surface area contributed by atoms with Crippen molar-refractivity contribution in [3.05, 3.63) is 35.9 Å². The number of hydrogen-bond donors (Lipinski definition) is 2. The van der Waals surface area contributed by atoms with Gasteiger partial charge in [-0.3, -0.25) is 4.79 Å². The number of benzene rings is 1. The topological polar surface area (TPSA) is 55.1 Å². The summed E-state index contributed by atoms with van der Waals surface area (Å²) in [5.41, 5.74) is 6.63. The molecule has 1 aliphatic rings. The maximum absolute atomic E-state index is 12.3. The van der Waals surface area contributed by atoms with E-state index in [1.165, 1.54) is 18.4 Å². The van der Waals surface area contributed by atoms with E-state index in [1.807, 2.05) is 6.07 Å². The van der Waals surface area contributed by atoms with Crippen molar-refractivity contribution in [1.82, 2.24) is 5.32 Å². The van der Waals surface area contributed by atoms with E-state index in [0.717, 1.165) is 45.1 Å². The lowest BCUT2D eigenvalue weighted by Gasteiger charge is -2.31. The molecule has 1 aliphatic carbocycles. The van der Waals surface area contributed by atoms with Crippen molar-refractivity contribution in [2.24, 2.45) is 5.73 Å². The molecule has 3 heteroatoms. The second-order valence-corrected chi connectivity index (χ2v) is 6.16. The smallest absolute Gasteiger partial charge is 0.220 e. The first kappa shape index (κ1) is 16.0. The summed E-state index contributed by atoms with van der Waals surface area (Å²) in [6, 6.07) is 10.5. The Bertz CT molecular complexity index is 424. The molecular formula is C18H28N2O. The van der Waals surface area contributed by atoms with Gasteiger partial charge < -0.3 is 11.1 Å². The van der Waals surface area contributed by atoms with Crippen molar-refractivity contribution in [3.8, 4) is 0 Å². The van der Waals surface area contributed by atoms with Crippen LogP contribution in [0.2, 0.25) is 0 Å². The molecule has 0 atom stereocenters. The maximum Gasteiger partial charge on any atom is 0.220 e. The van der Waals surface area contributed by atoms with Crippen molar-refractivity contribution in [3.63, 3.8) is 0 Å². The first-order valence-electron chi connectivity index (χ1n) is 8.33. The Morgan fingerprint density at radius 3 is 2.38 bits per heavy atom. The molecule has 0 unspecified atom stereocenters. The number of nitrogens with one attached hydrogen (secondary N) is 1. The highest BCUT2D eigenvalue weighted by atomic mass is 16.1. The molecule has 0 radical (unpaired) electrons. The molecular weight excluding hydrogens is 260 g/mol. The van der Waals surface area contributed by atoms with Gasteiger partial charge in [-0.15, -0.1) is 0 Å². The largest absolute Gasteiger partial charge is 0.347 e. The number of nitrogens with two attached hydrogens (primary N) is 1. The quantitative estimate of drug-likeness (QED) is 0.720. The van der Waals surface area contributed by atoms with Gasteiger partial charge in [0, 0.05) is 6.42 Å². The average Bonchev–Trinajstić information content (AvgIpc) is 2.98. The van der Waals surface area contributed by atoms with Crippen molar-refractivity contribution in [2.45, 2.75) is 63.3 Å². The normalized spacial score (nSPS) is 16.8. The molecule has 21 heavy (non-hydrogen) atoms. The Morgan fingerprint density at radius 2 is 1.71 bits per heavy atom. The van der Waals surface area contributed by atoms with Crippen LogP contribution in [0.3, 0.4) is 0 Å². The molecule has 0 heterocycles. The first-order chi connectivity index (χ1) is 10.3. The Hall–Kier alpha value is -1.35. The van der Waals surface area contributed by atoms with Crippen molar-refractivity contribution in [2.75, 3.05) is 6.54 Å². The second kappa shape index (κ2) is 8.18. The Morgan fingerprint density at radius 1 is 1.05 bits per heavy atom. The van der Waals surface area contributed by atoms with E-state index >= 15 is 0 Å². The average molecular weight is 288 g/mol. The number of carbonyl (C=O) groups excluding carboxylic acids is 1. The molecule has 0 aliphatic heterocycles. The van der Waals surface area contributed by atoms with Crippen molar-refractivity contribution >= 4 is 5.91 Å². The van der Waals surface area contributed by atoms with Gasteiger partial charge in [0.15, 0.2) is 0 Å². The number of carbonyl (C=O) groups is 1. The SMILES string of the molecule is NCCCCCCC(=O)NC1(c2ccccc2)CCCC1. The molecule has 1 saturated carbocycles. The van der Waals surface area contributed by atoms with E-state index in [2.05, 4.69) is 29.6 Å². The first-order valence-corrected chi connectivity index (χ1v) is 8.33. The van der Waals surface area contributed by atoms with Gasteiger partial charge in [0.25, 0.3) is 0 Å². The summed E-state index contributed by atoms with van der Waals surface area (Å²) >= 11 is 0. The zero-order valence-corrected chi connectivity index (χ0v) is 12.9. The standard InChI is InChI=1S/C18H28N2O/c19-15-9-2-1-6-12-17(21)20-18(13-7-8-14-18)16-10-4-3-5-11-16/h3-5,10-11H,1-2,6-9,12-15,19H2,(H,20,21). The van der Waals surface area contributed by atoms with Crippen LogP contribution >= 0.6 is 0 Å². The van der Waals surface area contributed by atoms with Crippen molar-refractivity contribution < 1.29 is 4.79 Å². The van der Waals surface area contributed by atoms with E-state index in [4.69, 9.17) is 5.73 Å². The Labute approximate surface area is 128 Å². The summed E-state index contributed by atoms with van der Waals surface area (Å²) < 4.78 is 0. The molecule has 0 bridgehead atoms. The van der Waals surface area contributed by atoms with Crippen LogP contribution < -0.4 is 11.1 Å². The lowest BCUT2D eigenvalue weighted by Crippen LogP contribution is -2.43. The van der Waals surface area contributed by atoms with Crippen LogP contribution in [-0.4, -0.2) is 12.5 Å². The molecule has 1 aromatic rings. The van der Waals surface area contributed by atoms with Gasteiger partial charge in [0.2, 0.25) is 5.91 Å². The minimum atomic E-state index is -0.115. The van der Waals surface area contributed by atoms with Gasteiger partial charge in [-0.2, -0.15) is 0 Å². The van der Waals surface area contributed by atoms with Crippen LogP contribution in [0.15, 0.2) is 30.3 Å². The third kappa shape index (κ3) is 4.57. The predicted octanol–water partition coefficient (Wildman–Crippen LogP) is 3.48. The number of unbranched alkanes of at least 4 members (excludes halogenated alkanes) is 3. The van der Waals surface area contributed by atoms with Crippen LogP contribution in [-0.2, 0) is 10.3 Å². The lowest BCUT2D eigenvalue weighted by atomic mass is 9.88. The van der Waals surface area contributed by atoms with E-state index < -0.39 is 0 Å². The van der Waals surface area contributed by atoms with E-state index in [9.17, 15) is 4.79 Å². The molecule has 1 aromatic carbocycles. The van der Waals surface area contributed by atoms with Gasteiger partial charge in [-0.25, -0.2) is 0 Å². The molecule has 0 saturated heterocycles. The molecule has 1 fully saturated rings. The highest BCUT2D eigenvalue weighted by molar-refractivity contribution is 5.77. The second-order valence-electron chi connectivity index (χ2n) is 6.16. The highest BCUT2D eigenvalue weighted by Crippen LogP contribution is 2.38. The van der Waals surface area contributed by atoms with E-state index in [1.54, 1.807) is 0 Å². The minimum absolute atomic E-state index is 0.115. The fourth-order valence-electron chi connectivity index (χ4n) is 3.33. The van der Waals surface area contributed by atoms with Crippen LogP contribution in [0, 0.1) is 0 Å². The molecule has 2 rings (SSSR count). The number of amides is 1. The summed E-state index contributed by atoms with van der Waals surface area (Å²) in [4.78, 5) is 12.3. The summed E-state index contributed by atoms with van der Waals surface area (Å²) in [7, 11) is 0. The van der Waals surface area contributed by atoms with Gasteiger partial charge in [0.05, 0.1) is 5.54 Å². The molecule has 1 amide bonds. The van der Waals surface area contributed by atoms with Gasteiger partial charge in [-0.05, 0) is 37.8 Å². The van der Waals surface area contributed by atoms with Crippen LogP contribution in [0.5, 0.6) is 0 Å². The molecule has 0 aromatic heterocycles. The molecule has 3 nitrogen and oxygen atoms in total. The van der Waals surface area contributed by atoms with Crippen LogP contribution in [0.4, 0.5) is 0 Å². The van der Waals surface area contributed by atoms with E-state index in [-0.39, 0.29) is 11.4 Å². The summed E-state index contributed by atoms with van der Waals surface area (Å²) in [5.74, 6) is 0.202. The third-order valence-corrected chi connectivity index (χ3v) is 4.52. The molecule has 116 valence electrons. The summed E-state index contributed by atoms with van der Waals surface area (Å²) in [5, 5.41) is 3.34. The zero-order chi connectivity index (χ0) is 15.0. The fraction of sp³-hybridized carbons (Fsp3) is 0.611. The van der Waals surface area contributed by atoms with Gasteiger partial charge in [-0.1, -0.05) is 56.0 Å².